The number of rotatable bonds is 4. The Bertz CT molecular complexity index is 982. The Labute approximate surface area is 139 Å². The van der Waals surface area contributed by atoms with Crippen molar-refractivity contribution in [2.45, 2.75) is 11.8 Å². The van der Waals surface area contributed by atoms with Gasteiger partial charge >= 0.3 is 0 Å². The van der Waals surface area contributed by atoms with E-state index >= 15 is 0 Å². The Morgan fingerprint density at radius 2 is 1.92 bits per heavy atom. The summed E-state index contributed by atoms with van der Waals surface area (Å²) in [6.07, 6.45) is 3.05. The Kier molecular flexibility index (Phi) is 4.02. The van der Waals surface area contributed by atoms with Gasteiger partial charge in [-0.3, -0.25) is 4.98 Å². The van der Waals surface area contributed by atoms with E-state index in [1.165, 1.54) is 12.3 Å². The van der Waals surface area contributed by atoms with E-state index in [0.29, 0.717) is 17.3 Å². The molecular formula is C15H16N6O2S. The van der Waals surface area contributed by atoms with Crippen molar-refractivity contribution in [2.75, 3.05) is 11.5 Å². The highest BCUT2D eigenvalue weighted by atomic mass is 32.2. The first-order valence-corrected chi connectivity index (χ1v) is 8.88. The van der Waals surface area contributed by atoms with Crippen LogP contribution >= 0.6 is 0 Å². The zero-order valence-corrected chi connectivity index (χ0v) is 14.0. The highest BCUT2D eigenvalue weighted by Gasteiger charge is 2.24. The maximum absolute atomic E-state index is 12.4. The largest absolute Gasteiger partial charge is 0.397 e. The molecule has 8 nitrogen and oxygen atoms in total. The van der Waals surface area contributed by atoms with Crippen molar-refractivity contribution in [3.63, 3.8) is 0 Å². The summed E-state index contributed by atoms with van der Waals surface area (Å²) in [7, 11) is -1.78. The van der Waals surface area contributed by atoms with Crippen LogP contribution in [0.25, 0.3) is 23.0 Å². The van der Waals surface area contributed by atoms with E-state index in [-0.39, 0.29) is 22.0 Å². The van der Waals surface area contributed by atoms with Gasteiger partial charge in [0.2, 0.25) is 0 Å². The molecule has 0 fully saturated rings. The first-order valence-electron chi connectivity index (χ1n) is 7.23. The van der Waals surface area contributed by atoms with Crippen LogP contribution in [-0.4, -0.2) is 38.9 Å². The van der Waals surface area contributed by atoms with Crippen LogP contribution in [0.2, 0.25) is 0 Å². The molecule has 24 heavy (non-hydrogen) atoms. The summed E-state index contributed by atoms with van der Waals surface area (Å²) in [4.78, 5) is 8.47. The number of nitrogens with two attached hydrogens (primary N) is 1. The maximum atomic E-state index is 12.4. The molecule has 0 aromatic carbocycles. The van der Waals surface area contributed by atoms with Crippen LogP contribution in [0.15, 0.2) is 41.6 Å². The summed E-state index contributed by atoms with van der Waals surface area (Å²) < 4.78 is 26.4. The van der Waals surface area contributed by atoms with E-state index < -0.39 is 9.84 Å². The van der Waals surface area contributed by atoms with Crippen molar-refractivity contribution < 1.29 is 8.42 Å². The minimum atomic E-state index is -3.51. The molecule has 3 rings (SSSR count). The van der Waals surface area contributed by atoms with Gasteiger partial charge in [0.05, 0.1) is 22.5 Å². The summed E-state index contributed by atoms with van der Waals surface area (Å²) in [5, 5.41) is 8.22. The fourth-order valence-electron chi connectivity index (χ4n) is 2.27. The van der Waals surface area contributed by atoms with Crippen molar-refractivity contribution in [3.05, 3.63) is 36.7 Å². The van der Waals surface area contributed by atoms with Crippen LogP contribution in [0.4, 0.5) is 5.69 Å². The molecular weight excluding hydrogens is 328 g/mol. The molecule has 0 aliphatic carbocycles. The summed E-state index contributed by atoms with van der Waals surface area (Å²) in [6.45, 7) is 1.57. The standard InChI is InChI=1S/C15H16N6O2S/c1-3-24(22,23)12-8-10(16)9-18-13(12)15-20-19-14(21(15)2)11-6-4-5-7-17-11/h4-9H,3,16H2,1-2H3. The van der Waals surface area contributed by atoms with Gasteiger partial charge < -0.3 is 10.3 Å². The molecule has 3 aromatic rings. The van der Waals surface area contributed by atoms with Gasteiger partial charge in [0.25, 0.3) is 0 Å². The van der Waals surface area contributed by atoms with E-state index in [2.05, 4.69) is 20.2 Å². The molecule has 0 aliphatic rings. The summed E-state index contributed by atoms with van der Waals surface area (Å²) in [6, 6.07) is 6.84. The van der Waals surface area contributed by atoms with Gasteiger partial charge in [-0.25, -0.2) is 13.4 Å². The molecule has 0 unspecified atom stereocenters. The lowest BCUT2D eigenvalue weighted by Gasteiger charge is -2.09. The SMILES string of the molecule is CCS(=O)(=O)c1cc(N)cnc1-c1nnc(-c2ccccn2)n1C. The van der Waals surface area contributed by atoms with Crippen molar-refractivity contribution in [1.82, 2.24) is 24.7 Å². The average molecular weight is 344 g/mol. The zero-order chi connectivity index (χ0) is 17.3. The number of hydrogen-bond acceptors (Lipinski definition) is 7. The van der Waals surface area contributed by atoms with Crippen LogP contribution in [0.1, 0.15) is 6.92 Å². The maximum Gasteiger partial charge on any atom is 0.184 e. The third kappa shape index (κ3) is 2.73. The lowest BCUT2D eigenvalue weighted by atomic mass is 10.3. The second kappa shape index (κ2) is 6.00. The van der Waals surface area contributed by atoms with Gasteiger partial charge in [-0.05, 0) is 18.2 Å². The second-order valence-corrected chi connectivity index (χ2v) is 7.39. The Morgan fingerprint density at radius 3 is 2.58 bits per heavy atom. The van der Waals surface area contributed by atoms with Gasteiger partial charge in [-0.2, -0.15) is 0 Å². The monoisotopic (exact) mass is 344 g/mol. The number of anilines is 1. The zero-order valence-electron chi connectivity index (χ0n) is 13.2. The average Bonchev–Trinajstić information content (AvgIpc) is 2.97. The first-order chi connectivity index (χ1) is 11.4. The normalized spacial score (nSPS) is 11.6. The fourth-order valence-corrected chi connectivity index (χ4v) is 3.34. The van der Waals surface area contributed by atoms with Gasteiger partial charge in [0.1, 0.15) is 11.4 Å². The van der Waals surface area contributed by atoms with Crippen LogP contribution < -0.4 is 5.73 Å². The smallest absolute Gasteiger partial charge is 0.184 e. The third-order valence-corrected chi connectivity index (χ3v) is 5.31. The van der Waals surface area contributed by atoms with Crippen LogP contribution in [-0.2, 0) is 16.9 Å². The predicted octanol–water partition coefficient (Wildman–Crippen LogP) is 1.31. The number of pyridine rings is 2. The Morgan fingerprint density at radius 1 is 1.17 bits per heavy atom. The number of nitrogen functional groups attached to an aromatic ring is 1. The minimum absolute atomic E-state index is 0.0491. The number of hydrogen-bond donors (Lipinski definition) is 1. The predicted molar refractivity (Wildman–Crippen MR) is 89.6 cm³/mol. The Balaban J connectivity index is 2.20. The van der Waals surface area contributed by atoms with E-state index in [0.717, 1.165) is 0 Å². The van der Waals surface area contributed by atoms with Crippen LogP contribution in [0.3, 0.4) is 0 Å². The second-order valence-electron chi connectivity index (χ2n) is 5.14. The fraction of sp³-hybridized carbons (Fsp3) is 0.200. The molecule has 124 valence electrons. The molecule has 0 bridgehead atoms. The highest BCUT2D eigenvalue weighted by molar-refractivity contribution is 7.91. The van der Waals surface area contributed by atoms with Crippen molar-refractivity contribution in [2.24, 2.45) is 7.05 Å². The topological polar surface area (TPSA) is 117 Å². The molecule has 0 atom stereocenters. The van der Waals surface area contributed by atoms with Gasteiger partial charge in [0, 0.05) is 13.2 Å². The van der Waals surface area contributed by atoms with Gasteiger partial charge in [0.15, 0.2) is 21.5 Å². The minimum Gasteiger partial charge on any atom is -0.397 e. The number of nitrogens with zero attached hydrogens (tertiary/aromatic N) is 5. The number of sulfone groups is 1. The summed E-state index contributed by atoms with van der Waals surface area (Å²) in [5.74, 6) is 0.794. The molecule has 0 saturated carbocycles. The van der Waals surface area contributed by atoms with E-state index in [1.54, 1.807) is 36.9 Å². The lowest BCUT2D eigenvalue weighted by Crippen LogP contribution is -2.09. The number of aromatic nitrogens is 5. The van der Waals surface area contributed by atoms with Gasteiger partial charge in [-0.15, -0.1) is 10.2 Å². The molecule has 0 amide bonds. The summed E-state index contributed by atoms with van der Waals surface area (Å²) >= 11 is 0. The summed E-state index contributed by atoms with van der Waals surface area (Å²) in [5.41, 5.74) is 6.85. The molecule has 3 aromatic heterocycles. The third-order valence-electron chi connectivity index (χ3n) is 3.57. The molecule has 0 spiro atoms. The molecule has 0 radical (unpaired) electrons. The van der Waals surface area contributed by atoms with Crippen LogP contribution in [0, 0.1) is 0 Å². The van der Waals surface area contributed by atoms with E-state index in [9.17, 15) is 8.42 Å². The van der Waals surface area contributed by atoms with Crippen molar-refractivity contribution >= 4 is 15.5 Å². The first kappa shape index (κ1) is 16.1. The molecule has 0 saturated heterocycles. The Hall–Kier alpha value is -2.81. The van der Waals surface area contributed by atoms with Gasteiger partial charge in [-0.1, -0.05) is 13.0 Å². The molecule has 3 heterocycles. The van der Waals surface area contributed by atoms with E-state index in [4.69, 9.17) is 5.73 Å². The lowest BCUT2D eigenvalue weighted by molar-refractivity contribution is 0.597. The van der Waals surface area contributed by atoms with E-state index in [1.807, 2.05) is 6.07 Å². The van der Waals surface area contributed by atoms with Crippen LogP contribution in [0.5, 0.6) is 0 Å². The quantitative estimate of drug-likeness (QED) is 0.758. The molecule has 0 aliphatic heterocycles. The molecule has 2 N–H and O–H groups in total. The van der Waals surface area contributed by atoms with Crippen molar-refractivity contribution in [3.8, 4) is 23.0 Å². The highest BCUT2D eigenvalue weighted by Crippen LogP contribution is 2.28. The van der Waals surface area contributed by atoms with Crippen molar-refractivity contribution in [1.29, 1.82) is 0 Å². The molecule has 9 heteroatoms.